The molecular weight excluding hydrogens is 392 g/mol. The van der Waals surface area contributed by atoms with Gasteiger partial charge in [-0.15, -0.1) is 0 Å². The van der Waals surface area contributed by atoms with Gasteiger partial charge in [0.2, 0.25) is 0 Å². The molecule has 2 aliphatic rings. The molecule has 1 aromatic carbocycles. The predicted molar refractivity (Wildman–Crippen MR) is 91.5 cm³/mol. The summed E-state index contributed by atoms with van der Waals surface area (Å²) in [6, 6.07) is 3.03. The van der Waals surface area contributed by atoms with E-state index in [1.165, 1.54) is 16.0 Å². The number of imidazole rings is 1. The van der Waals surface area contributed by atoms with Crippen molar-refractivity contribution in [2.75, 3.05) is 13.3 Å². The van der Waals surface area contributed by atoms with Crippen LogP contribution in [0.25, 0.3) is 5.82 Å². The zero-order valence-corrected chi connectivity index (χ0v) is 15.0. The van der Waals surface area contributed by atoms with Gasteiger partial charge in [0.1, 0.15) is 48.6 Å². The summed E-state index contributed by atoms with van der Waals surface area (Å²) in [7, 11) is 0. The van der Waals surface area contributed by atoms with Crippen molar-refractivity contribution in [3.05, 3.63) is 52.6 Å². The fourth-order valence-corrected chi connectivity index (χ4v) is 3.23. The van der Waals surface area contributed by atoms with E-state index in [9.17, 15) is 24.1 Å². The molecule has 2 aromatic rings. The van der Waals surface area contributed by atoms with E-state index in [4.69, 9.17) is 15.3 Å². The van der Waals surface area contributed by atoms with Crippen LogP contribution in [-0.2, 0) is 16.2 Å². The normalized spacial score (nSPS) is 26.5. The SMILES string of the molecule is NC1=c2ncn([C@@H]3O[C@H](CO)[C@@H](O)[C@H]3O)c2=NCN1OCc1cc(F)ccc1F. The van der Waals surface area contributed by atoms with Crippen LogP contribution in [0.2, 0.25) is 0 Å². The van der Waals surface area contributed by atoms with Gasteiger partial charge in [0.25, 0.3) is 0 Å². The molecule has 1 aromatic heterocycles. The zero-order valence-electron chi connectivity index (χ0n) is 15.0. The van der Waals surface area contributed by atoms with Crippen LogP contribution in [-0.4, -0.2) is 61.5 Å². The summed E-state index contributed by atoms with van der Waals surface area (Å²) in [5, 5.41) is 30.8. The quantitative estimate of drug-likeness (QED) is 0.436. The number of hydroxylamine groups is 2. The summed E-state index contributed by atoms with van der Waals surface area (Å²) >= 11 is 0. The second-order valence-corrected chi connectivity index (χ2v) is 6.63. The summed E-state index contributed by atoms with van der Waals surface area (Å²) in [6.45, 7) is -0.809. The van der Waals surface area contributed by atoms with Crippen LogP contribution >= 0.6 is 0 Å². The standard InChI is InChI=1S/C17H19F2N5O5/c18-9-1-2-10(19)8(3-9)5-28-24-7-22-16-12(15(24)20)21-6-23(16)17-14(27)13(26)11(4-25)29-17/h1-3,6,11,13-14,17,25-27H,4-5,7,20H2/t11-,13-,14-,17-/m1/s1. The summed E-state index contributed by atoms with van der Waals surface area (Å²) < 4.78 is 33.9. The molecule has 29 heavy (non-hydrogen) atoms. The number of nitrogens with zero attached hydrogens (tertiary/aromatic N) is 4. The molecule has 0 unspecified atom stereocenters. The van der Waals surface area contributed by atoms with E-state index in [1.54, 1.807) is 0 Å². The number of fused-ring (bicyclic) bond motifs is 1. The number of hydrogen-bond donors (Lipinski definition) is 4. The van der Waals surface area contributed by atoms with Gasteiger partial charge in [0.15, 0.2) is 17.5 Å². The van der Waals surface area contributed by atoms with Gasteiger partial charge < -0.3 is 25.8 Å². The lowest BCUT2D eigenvalue weighted by atomic mass is 10.1. The first-order valence-corrected chi connectivity index (χ1v) is 8.74. The smallest absolute Gasteiger partial charge is 0.165 e. The van der Waals surface area contributed by atoms with Crippen molar-refractivity contribution in [1.82, 2.24) is 14.6 Å². The monoisotopic (exact) mass is 411 g/mol. The Morgan fingerprint density at radius 2 is 2.07 bits per heavy atom. The van der Waals surface area contributed by atoms with Gasteiger partial charge in [0.05, 0.1) is 12.9 Å². The van der Waals surface area contributed by atoms with E-state index >= 15 is 0 Å². The van der Waals surface area contributed by atoms with Gasteiger partial charge in [-0.25, -0.2) is 23.8 Å². The van der Waals surface area contributed by atoms with Crippen LogP contribution in [0.15, 0.2) is 29.5 Å². The Balaban J connectivity index is 1.57. The molecule has 0 spiro atoms. The maximum absolute atomic E-state index is 13.7. The molecule has 0 bridgehead atoms. The number of aliphatic hydroxyl groups excluding tert-OH is 3. The molecule has 1 fully saturated rings. The van der Waals surface area contributed by atoms with E-state index in [2.05, 4.69) is 9.98 Å². The first-order chi connectivity index (χ1) is 13.9. The molecule has 0 amide bonds. The zero-order chi connectivity index (χ0) is 20.7. The highest BCUT2D eigenvalue weighted by molar-refractivity contribution is 5.34. The fraction of sp³-hybridized carbons (Fsp3) is 0.412. The molecule has 4 atom stereocenters. The molecule has 156 valence electrons. The number of aliphatic hydroxyl groups is 3. The van der Waals surface area contributed by atoms with E-state index in [-0.39, 0.29) is 35.5 Å². The van der Waals surface area contributed by atoms with Gasteiger partial charge in [-0.1, -0.05) is 0 Å². The molecule has 0 aliphatic carbocycles. The Labute approximate surface area is 162 Å². The lowest BCUT2D eigenvalue weighted by Crippen LogP contribution is -2.47. The minimum atomic E-state index is -1.30. The molecule has 1 saturated heterocycles. The summed E-state index contributed by atoms with van der Waals surface area (Å²) in [5.41, 5.74) is 6.37. The lowest BCUT2D eigenvalue weighted by Gasteiger charge is -2.24. The van der Waals surface area contributed by atoms with E-state index < -0.39 is 42.8 Å². The minimum Gasteiger partial charge on any atom is -0.394 e. The molecule has 2 aliphatic heterocycles. The average Bonchev–Trinajstić information content (AvgIpc) is 3.25. The Morgan fingerprint density at radius 1 is 1.28 bits per heavy atom. The number of rotatable bonds is 5. The highest BCUT2D eigenvalue weighted by Gasteiger charge is 2.44. The highest BCUT2D eigenvalue weighted by Crippen LogP contribution is 2.27. The molecule has 5 N–H and O–H groups in total. The highest BCUT2D eigenvalue weighted by atomic mass is 19.1. The van der Waals surface area contributed by atoms with Gasteiger partial charge >= 0.3 is 0 Å². The van der Waals surface area contributed by atoms with Gasteiger partial charge in [-0.2, -0.15) is 0 Å². The number of aromatic nitrogens is 2. The largest absolute Gasteiger partial charge is 0.394 e. The third-order valence-corrected chi connectivity index (χ3v) is 4.80. The molecule has 0 radical (unpaired) electrons. The second kappa shape index (κ2) is 7.65. The van der Waals surface area contributed by atoms with Crippen molar-refractivity contribution in [3.63, 3.8) is 0 Å². The van der Waals surface area contributed by atoms with Gasteiger partial charge in [-0.3, -0.25) is 9.40 Å². The molecule has 10 nitrogen and oxygen atoms in total. The molecule has 4 rings (SSSR count). The fourth-order valence-electron chi connectivity index (χ4n) is 3.23. The minimum absolute atomic E-state index is 0.0145. The van der Waals surface area contributed by atoms with E-state index in [0.29, 0.717) is 0 Å². The molecule has 3 heterocycles. The number of hydrogen-bond acceptors (Lipinski definition) is 9. The van der Waals surface area contributed by atoms with Crippen LogP contribution in [0.5, 0.6) is 0 Å². The molecule has 12 heteroatoms. The first kappa shape index (κ1) is 19.7. The predicted octanol–water partition coefficient (Wildman–Crippen LogP) is -2.18. The van der Waals surface area contributed by atoms with Gasteiger partial charge in [-0.05, 0) is 18.2 Å². The molecular formula is C17H19F2N5O5. The second-order valence-electron chi connectivity index (χ2n) is 6.63. The average molecular weight is 411 g/mol. The van der Waals surface area contributed by atoms with E-state index in [1.807, 2.05) is 0 Å². The Morgan fingerprint density at radius 3 is 2.79 bits per heavy atom. The van der Waals surface area contributed by atoms with Crippen LogP contribution in [0.1, 0.15) is 11.8 Å². The Hall–Kier alpha value is -2.64. The van der Waals surface area contributed by atoms with Crippen molar-refractivity contribution >= 4 is 5.82 Å². The van der Waals surface area contributed by atoms with E-state index in [0.717, 1.165) is 18.2 Å². The Kier molecular flexibility index (Phi) is 5.19. The van der Waals surface area contributed by atoms with Crippen LogP contribution in [0.3, 0.4) is 0 Å². The summed E-state index contributed by atoms with van der Waals surface area (Å²) in [4.78, 5) is 13.9. The van der Waals surface area contributed by atoms with Crippen LogP contribution < -0.4 is 16.6 Å². The third-order valence-electron chi connectivity index (χ3n) is 4.80. The summed E-state index contributed by atoms with van der Waals surface area (Å²) in [6.07, 6.45) is -3.19. The van der Waals surface area contributed by atoms with Crippen LogP contribution in [0, 0.1) is 11.6 Å². The number of benzene rings is 1. The third kappa shape index (κ3) is 3.45. The number of halogens is 2. The number of ether oxygens (including phenoxy) is 1. The maximum atomic E-state index is 13.7. The topological polar surface area (TPSA) is 139 Å². The van der Waals surface area contributed by atoms with Crippen LogP contribution in [0.4, 0.5) is 8.78 Å². The van der Waals surface area contributed by atoms with Crippen molar-refractivity contribution in [2.24, 2.45) is 10.7 Å². The molecule has 0 saturated carbocycles. The van der Waals surface area contributed by atoms with Crippen molar-refractivity contribution in [2.45, 2.75) is 31.1 Å². The van der Waals surface area contributed by atoms with Crippen molar-refractivity contribution in [3.8, 4) is 0 Å². The Bertz CT molecular complexity index is 1030. The first-order valence-electron chi connectivity index (χ1n) is 8.74. The maximum Gasteiger partial charge on any atom is 0.165 e. The number of nitrogens with two attached hydrogens (primary N) is 1. The summed E-state index contributed by atoms with van der Waals surface area (Å²) in [5.74, 6) is -1.13. The lowest BCUT2D eigenvalue weighted by molar-refractivity contribution is -0.125. The van der Waals surface area contributed by atoms with Crippen molar-refractivity contribution in [1.29, 1.82) is 0 Å². The van der Waals surface area contributed by atoms with Crippen molar-refractivity contribution < 1.29 is 33.7 Å². The van der Waals surface area contributed by atoms with Gasteiger partial charge in [0, 0.05) is 5.56 Å².